The molecule has 1 unspecified atom stereocenters. The van der Waals surface area contributed by atoms with Gasteiger partial charge in [-0.1, -0.05) is 42.5 Å². The number of imidazole rings is 1. The highest BCUT2D eigenvalue weighted by atomic mass is 16.5. The first-order chi connectivity index (χ1) is 13.6. The molecular weight excluding hydrogens is 354 g/mol. The monoisotopic (exact) mass is 379 g/mol. The first kappa shape index (κ1) is 19.6. The van der Waals surface area contributed by atoms with Gasteiger partial charge in [0.05, 0.1) is 23.7 Å². The van der Waals surface area contributed by atoms with Crippen LogP contribution >= 0.6 is 0 Å². The van der Waals surface area contributed by atoms with Crippen LogP contribution in [0.5, 0.6) is 0 Å². The molecule has 1 atom stereocenters. The number of carbonyl (C=O) groups excluding carboxylic acids is 2. The lowest BCUT2D eigenvalue weighted by Crippen LogP contribution is -2.29. The van der Waals surface area contributed by atoms with Gasteiger partial charge in [0, 0.05) is 6.42 Å². The molecule has 0 radical (unpaired) electrons. The van der Waals surface area contributed by atoms with Gasteiger partial charge in [0.1, 0.15) is 12.4 Å². The molecule has 6 heteroatoms. The minimum atomic E-state index is -0.329. The summed E-state index contributed by atoms with van der Waals surface area (Å²) in [5.74, 6) is 0.267. The average molecular weight is 379 g/mol. The van der Waals surface area contributed by atoms with Gasteiger partial charge in [-0.05, 0) is 38.0 Å². The lowest BCUT2D eigenvalue weighted by molar-refractivity contribution is -0.143. The molecule has 1 amide bonds. The molecule has 0 saturated heterocycles. The second-order valence-corrected chi connectivity index (χ2v) is 6.62. The number of aryl methyl sites for hydroxylation is 1. The fourth-order valence-corrected chi connectivity index (χ4v) is 3.21. The van der Waals surface area contributed by atoms with Crippen LogP contribution in [0.15, 0.2) is 54.6 Å². The first-order valence-corrected chi connectivity index (χ1v) is 9.52. The molecule has 1 N–H and O–H groups in total. The van der Waals surface area contributed by atoms with Gasteiger partial charge in [-0.2, -0.15) is 0 Å². The minimum absolute atomic E-state index is 0.0499. The second kappa shape index (κ2) is 9.17. The summed E-state index contributed by atoms with van der Waals surface area (Å²) in [6, 6.07) is 17.2. The van der Waals surface area contributed by atoms with Gasteiger partial charge in [-0.25, -0.2) is 4.98 Å². The summed E-state index contributed by atoms with van der Waals surface area (Å²) in [5, 5.41) is 3.00. The van der Waals surface area contributed by atoms with Crippen LogP contribution in [0.1, 0.15) is 37.7 Å². The molecular formula is C22H25N3O3. The number of benzene rings is 2. The molecule has 3 rings (SSSR count). The van der Waals surface area contributed by atoms with E-state index in [1.54, 1.807) is 6.92 Å². The molecule has 0 aliphatic heterocycles. The molecule has 0 spiro atoms. The number of rotatable bonds is 8. The highest BCUT2D eigenvalue weighted by molar-refractivity contribution is 5.80. The molecule has 0 fully saturated rings. The predicted octanol–water partition coefficient (Wildman–Crippen LogP) is 3.41. The predicted molar refractivity (Wildman–Crippen MR) is 108 cm³/mol. The maximum atomic E-state index is 12.4. The molecule has 0 bridgehead atoms. The molecule has 146 valence electrons. The summed E-state index contributed by atoms with van der Waals surface area (Å²) in [4.78, 5) is 29.1. The Bertz CT molecular complexity index is 950. The molecule has 28 heavy (non-hydrogen) atoms. The highest BCUT2D eigenvalue weighted by Crippen LogP contribution is 2.21. The van der Waals surface area contributed by atoms with Gasteiger partial charge < -0.3 is 14.6 Å². The number of fused-ring (bicyclic) bond motifs is 1. The number of amides is 1. The third-order valence-corrected chi connectivity index (χ3v) is 4.52. The van der Waals surface area contributed by atoms with Crippen LogP contribution in [0.4, 0.5) is 0 Å². The van der Waals surface area contributed by atoms with E-state index in [4.69, 9.17) is 4.74 Å². The molecule has 1 heterocycles. The number of hydrogen-bond donors (Lipinski definition) is 1. The van der Waals surface area contributed by atoms with Crippen LogP contribution in [0.2, 0.25) is 0 Å². The van der Waals surface area contributed by atoms with E-state index in [0.29, 0.717) is 25.3 Å². The smallest absolute Gasteiger partial charge is 0.326 e. The van der Waals surface area contributed by atoms with E-state index in [1.807, 2.05) is 66.1 Å². The van der Waals surface area contributed by atoms with E-state index in [0.717, 1.165) is 16.6 Å². The van der Waals surface area contributed by atoms with Crippen LogP contribution in [0.25, 0.3) is 11.0 Å². The Kier molecular flexibility index (Phi) is 6.42. The largest absolute Gasteiger partial charge is 0.465 e. The maximum Gasteiger partial charge on any atom is 0.326 e. The summed E-state index contributed by atoms with van der Waals surface area (Å²) < 4.78 is 6.91. The molecule has 0 aliphatic carbocycles. The number of hydrogen-bond acceptors (Lipinski definition) is 4. The van der Waals surface area contributed by atoms with E-state index >= 15 is 0 Å². The summed E-state index contributed by atoms with van der Waals surface area (Å²) in [6.07, 6.45) is 1.07. The third-order valence-electron chi connectivity index (χ3n) is 4.52. The molecule has 0 saturated carbocycles. The molecule has 2 aromatic carbocycles. The van der Waals surface area contributed by atoms with E-state index in [1.165, 1.54) is 0 Å². The molecule has 6 nitrogen and oxygen atoms in total. The Morgan fingerprint density at radius 3 is 2.57 bits per heavy atom. The van der Waals surface area contributed by atoms with E-state index in [-0.39, 0.29) is 24.5 Å². The zero-order valence-electron chi connectivity index (χ0n) is 16.2. The number of aromatic nitrogens is 2. The van der Waals surface area contributed by atoms with Crippen molar-refractivity contribution < 1.29 is 14.3 Å². The van der Waals surface area contributed by atoms with Gasteiger partial charge in [-0.3, -0.25) is 9.59 Å². The van der Waals surface area contributed by atoms with Crippen molar-refractivity contribution in [1.29, 1.82) is 0 Å². The van der Waals surface area contributed by atoms with Crippen molar-refractivity contribution in [3.8, 4) is 0 Å². The van der Waals surface area contributed by atoms with E-state index in [9.17, 15) is 9.59 Å². The van der Waals surface area contributed by atoms with Crippen molar-refractivity contribution in [2.24, 2.45) is 0 Å². The van der Waals surface area contributed by atoms with Crippen molar-refractivity contribution in [2.75, 3.05) is 6.61 Å². The Morgan fingerprint density at radius 2 is 1.82 bits per heavy atom. The highest BCUT2D eigenvalue weighted by Gasteiger charge is 2.20. The van der Waals surface area contributed by atoms with Crippen LogP contribution in [0, 0.1) is 0 Å². The second-order valence-electron chi connectivity index (χ2n) is 6.62. The van der Waals surface area contributed by atoms with Crippen molar-refractivity contribution in [2.45, 2.75) is 39.3 Å². The average Bonchev–Trinajstić information content (AvgIpc) is 3.06. The van der Waals surface area contributed by atoms with Gasteiger partial charge in [0.15, 0.2) is 0 Å². The van der Waals surface area contributed by atoms with Crippen molar-refractivity contribution in [3.05, 3.63) is 66.0 Å². The standard InChI is InChI=1S/C22H25N3O3/c1-3-28-21(27)15-25-19-12-8-7-11-18(19)24-22(25)16(2)23-20(26)14-13-17-9-5-4-6-10-17/h4-12,16H,3,13-15H2,1-2H3,(H,23,26). The number of nitrogens with one attached hydrogen (secondary N) is 1. The Balaban J connectivity index is 1.73. The van der Waals surface area contributed by atoms with Crippen molar-refractivity contribution in [1.82, 2.24) is 14.9 Å². The normalized spacial score (nSPS) is 11.9. The van der Waals surface area contributed by atoms with E-state index < -0.39 is 0 Å². The fraction of sp³-hybridized carbons (Fsp3) is 0.318. The summed E-state index contributed by atoms with van der Waals surface area (Å²) in [5.41, 5.74) is 2.75. The van der Waals surface area contributed by atoms with Gasteiger partial charge in [0.25, 0.3) is 0 Å². The zero-order chi connectivity index (χ0) is 19.9. The van der Waals surface area contributed by atoms with Crippen LogP contribution in [-0.2, 0) is 27.3 Å². The van der Waals surface area contributed by atoms with Crippen LogP contribution < -0.4 is 5.32 Å². The van der Waals surface area contributed by atoms with Crippen molar-refractivity contribution in [3.63, 3.8) is 0 Å². The first-order valence-electron chi connectivity index (χ1n) is 9.52. The maximum absolute atomic E-state index is 12.4. The number of para-hydroxylation sites is 2. The Hall–Kier alpha value is -3.15. The molecule has 1 aromatic heterocycles. The molecule has 0 aliphatic rings. The third kappa shape index (κ3) is 4.76. The number of nitrogens with zero attached hydrogens (tertiary/aromatic N) is 2. The minimum Gasteiger partial charge on any atom is -0.465 e. The van der Waals surface area contributed by atoms with Crippen molar-refractivity contribution >= 4 is 22.9 Å². The Morgan fingerprint density at radius 1 is 1.11 bits per heavy atom. The van der Waals surface area contributed by atoms with Gasteiger partial charge in [0.2, 0.25) is 5.91 Å². The van der Waals surface area contributed by atoms with Crippen LogP contribution in [0.3, 0.4) is 0 Å². The SMILES string of the molecule is CCOC(=O)Cn1c(C(C)NC(=O)CCc2ccccc2)nc2ccccc21. The summed E-state index contributed by atoms with van der Waals surface area (Å²) in [7, 11) is 0. The Labute approximate surface area is 164 Å². The summed E-state index contributed by atoms with van der Waals surface area (Å²) in [6.45, 7) is 4.05. The quantitative estimate of drug-likeness (QED) is 0.609. The lowest BCUT2D eigenvalue weighted by Gasteiger charge is -2.16. The number of esters is 1. The molecule has 3 aromatic rings. The summed E-state index contributed by atoms with van der Waals surface area (Å²) >= 11 is 0. The van der Waals surface area contributed by atoms with Gasteiger partial charge >= 0.3 is 5.97 Å². The topological polar surface area (TPSA) is 73.2 Å². The van der Waals surface area contributed by atoms with Gasteiger partial charge in [-0.15, -0.1) is 0 Å². The number of carbonyl (C=O) groups is 2. The zero-order valence-corrected chi connectivity index (χ0v) is 16.2. The lowest BCUT2D eigenvalue weighted by atomic mass is 10.1. The number of ether oxygens (including phenoxy) is 1. The van der Waals surface area contributed by atoms with E-state index in [2.05, 4.69) is 10.3 Å². The fourth-order valence-electron chi connectivity index (χ4n) is 3.21. The van der Waals surface area contributed by atoms with Crippen LogP contribution in [-0.4, -0.2) is 28.0 Å².